The number of guanidine groups is 2. The predicted molar refractivity (Wildman–Crippen MR) is 243 cm³/mol. The number of alkyl carbamates (subject to hydrolysis) is 1. The first-order chi connectivity index (χ1) is 28.7. The second kappa shape index (κ2) is 20.5. The third-order valence-electron chi connectivity index (χ3n) is 11.4. The highest BCUT2D eigenvalue weighted by Gasteiger charge is 2.40. The van der Waals surface area contributed by atoms with Crippen LogP contribution in [0, 0.1) is 28.6 Å². The van der Waals surface area contributed by atoms with Crippen molar-refractivity contribution in [2.75, 3.05) is 33.4 Å². The quantitative estimate of drug-likeness (QED) is 0.0211. The highest BCUT2D eigenvalue weighted by Crippen LogP contribution is 2.44. The molecule has 11 N–H and O–H groups in total. The molecule has 0 bridgehead atoms. The number of carbonyl (C=O) groups excluding carboxylic acids is 3. The second-order valence-corrected chi connectivity index (χ2v) is 17.9. The van der Waals surface area contributed by atoms with E-state index in [2.05, 4.69) is 92.6 Å². The molecule has 1 unspecified atom stereocenters. The van der Waals surface area contributed by atoms with Crippen molar-refractivity contribution < 1.29 is 23.9 Å². The third-order valence-corrected chi connectivity index (χ3v) is 11.4. The monoisotopic (exact) mass is 838 g/mol. The van der Waals surface area contributed by atoms with E-state index in [1.807, 2.05) is 49.4 Å². The number of ether oxygens (including phenoxy) is 2. The third kappa shape index (κ3) is 12.3. The number of esters is 1. The van der Waals surface area contributed by atoms with E-state index in [1.54, 1.807) is 0 Å². The van der Waals surface area contributed by atoms with E-state index in [0.29, 0.717) is 25.9 Å². The first-order valence-electron chi connectivity index (χ1n) is 20.9. The number of nitrogens with two attached hydrogens (primary N) is 2. The Hall–Kier alpha value is -6.05. The first kappa shape index (κ1) is 47.6. The summed E-state index contributed by atoms with van der Waals surface area (Å²) in [5, 5.41) is 26.6. The van der Waals surface area contributed by atoms with Crippen molar-refractivity contribution in [1.82, 2.24) is 26.3 Å². The highest BCUT2D eigenvalue weighted by atomic mass is 16.5. The Labute approximate surface area is 361 Å². The molecule has 3 aromatic rings. The lowest BCUT2D eigenvalue weighted by atomic mass is 9.78. The Morgan fingerprint density at radius 1 is 0.885 bits per heavy atom. The van der Waals surface area contributed by atoms with Crippen molar-refractivity contribution in [2.24, 2.45) is 22.3 Å². The average molecular weight is 838 g/mol. The lowest BCUT2D eigenvalue weighted by Crippen LogP contribution is -2.52. The molecule has 1 atom stereocenters. The number of H-pyrrole nitrogens is 1. The molecule has 0 fully saturated rings. The van der Waals surface area contributed by atoms with Crippen molar-refractivity contribution in [3.8, 4) is 11.1 Å². The summed E-state index contributed by atoms with van der Waals surface area (Å²) < 4.78 is 11.3. The van der Waals surface area contributed by atoms with Crippen molar-refractivity contribution >= 4 is 36.0 Å². The first-order valence-corrected chi connectivity index (χ1v) is 20.9. The van der Waals surface area contributed by atoms with E-state index in [9.17, 15) is 14.4 Å². The fourth-order valence-electron chi connectivity index (χ4n) is 8.10. The Balaban J connectivity index is 1.70. The van der Waals surface area contributed by atoms with Crippen molar-refractivity contribution in [3.63, 3.8) is 0 Å². The minimum atomic E-state index is -1.19. The summed E-state index contributed by atoms with van der Waals surface area (Å²) in [5.41, 5.74) is 18.3. The largest absolute Gasteiger partial charge is 0.469 e. The average Bonchev–Trinajstić information content (AvgIpc) is 3.70. The Kier molecular flexibility index (Phi) is 16.0. The van der Waals surface area contributed by atoms with Gasteiger partial charge in [0.25, 0.3) is 0 Å². The van der Waals surface area contributed by atoms with Gasteiger partial charge in [0.2, 0.25) is 5.91 Å². The number of aromatic nitrogens is 1. The molecule has 330 valence electrons. The SMILES string of the molecule is C=C/C(=C\c1[nH]c(C(C)(C)C)c(CC(NC(=O)OCC2c3ccccc3-c3ccccc32)C(=O)NCC(CCCNC(=N)N)(CCCNC(=N)N)C(=O)OC)c1C)C(C)(C)C. The van der Waals surface area contributed by atoms with Gasteiger partial charge in [-0.05, 0) is 83.1 Å². The molecule has 0 saturated carbocycles. The Bertz CT molecular complexity index is 2040. The number of rotatable bonds is 19. The summed E-state index contributed by atoms with van der Waals surface area (Å²) in [5.74, 6) is -1.61. The normalized spacial score (nSPS) is 14.1. The minimum absolute atomic E-state index is 0.0603. The number of nitrogens with one attached hydrogen (secondary N) is 7. The van der Waals surface area contributed by atoms with Crippen LogP contribution in [-0.4, -0.2) is 74.3 Å². The van der Waals surface area contributed by atoms with Gasteiger partial charge in [-0.1, -0.05) is 103 Å². The highest BCUT2D eigenvalue weighted by molar-refractivity contribution is 5.87. The summed E-state index contributed by atoms with van der Waals surface area (Å²) >= 11 is 0. The molecule has 2 aromatic carbocycles. The Morgan fingerprint density at radius 3 is 1.90 bits per heavy atom. The maximum Gasteiger partial charge on any atom is 0.407 e. The second-order valence-electron chi connectivity index (χ2n) is 17.9. The lowest BCUT2D eigenvalue weighted by molar-refractivity contribution is -0.154. The zero-order valence-corrected chi connectivity index (χ0v) is 37.2. The topological polar surface area (TPSA) is 233 Å². The van der Waals surface area contributed by atoms with Crippen LogP contribution in [0.1, 0.15) is 107 Å². The van der Waals surface area contributed by atoms with Crippen molar-refractivity contribution in [2.45, 2.75) is 97.9 Å². The Morgan fingerprint density at radius 2 is 1.43 bits per heavy atom. The molecule has 0 spiro atoms. The number of allylic oxidation sites excluding steroid dienone is 2. The molecule has 0 aliphatic heterocycles. The van der Waals surface area contributed by atoms with Crippen LogP contribution in [-0.2, 0) is 30.9 Å². The van der Waals surface area contributed by atoms with Crippen LogP contribution in [0.15, 0.2) is 66.8 Å². The summed E-state index contributed by atoms with van der Waals surface area (Å²) in [7, 11) is 1.30. The number of hydrogen-bond donors (Lipinski definition) is 9. The van der Waals surface area contributed by atoms with E-state index < -0.39 is 29.4 Å². The molecule has 1 aliphatic rings. The molecule has 1 heterocycles. The van der Waals surface area contributed by atoms with Crippen LogP contribution in [0.2, 0.25) is 0 Å². The van der Waals surface area contributed by atoms with Crippen LogP contribution in [0.4, 0.5) is 4.79 Å². The molecule has 61 heavy (non-hydrogen) atoms. The molecule has 4 rings (SSSR count). The molecule has 0 radical (unpaired) electrons. The van der Waals surface area contributed by atoms with Gasteiger partial charge in [-0.3, -0.25) is 20.4 Å². The van der Waals surface area contributed by atoms with E-state index in [0.717, 1.165) is 50.3 Å². The number of fused-ring (bicyclic) bond motifs is 3. The fourth-order valence-corrected chi connectivity index (χ4v) is 8.10. The summed E-state index contributed by atoms with van der Waals surface area (Å²) in [6, 6.07) is 15.0. The molecule has 14 heteroatoms. The van der Waals surface area contributed by atoms with E-state index in [-0.39, 0.29) is 61.1 Å². The molecule has 14 nitrogen and oxygen atoms in total. The number of carbonyl (C=O) groups is 3. The predicted octanol–water partition coefficient (Wildman–Crippen LogP) is 6.49. The zero-order chi connectivity index (χ0) is 45.1. The van der Waals surface area contributed by atoms with Gasteiger partial charge in [0.05, 0.1) is 12.5 Å². The molecule has 2 amide bonds. The van der Waals surface area contributed by atoms with Gasteiger partial charge in [-0.2, -0.15) is 0 Å². The van der Waals surface area contributed by atoms with Crippen LogP contribution in [0.5, 0.6) is 0 Å². The van der Waals surface area contributed by atoms with Crippen LogP contribution < -0.4 is 32.7 Å². The molecular weight excluding hydrogens is 771 g/mol. The lowest BCUT2D eigenvalue weighted by Gasteiger charge is -2.32. The van der Waals surface area contributed by atoms with Gasteiger partial charge in [0.1, 0.15) is 12.6 Å². The molecule has 1 aromatic heterocycles. The van der Waals surface area contributed by atoms with Crippen LogP contribution in [0.3, 0.4) is 0 Å². The fraction of sp³-hybridized carbons (Fsp3) is 0.468. The minimum Gasteiger partial charge on any atom is -0.469 e. The summed E-state index contributed by atoms with van der Waals surface area (Å²) in [6.45, 7) is 19.3. The van der Waals surface area contributed by atoms with Crippen molar-refractivity contribution in [3.05, 3.63) is 100 Å². The maximum absolute atomic E-state index is 14.6. The van der Waals surface area contributed by atoms with E-state index in [4.69, 9.17) is 31.8 Å². The van der Waals surface area contributed by atoms with Crippen LogP contribution >= 0.6 is 0 Å². The number of methoxy groups -OCH3 is 1. The maximum atomic E-state index is 14.6. The molecule has 0 saturated heterocycles. The summed E-state index contributed by atoms with van der Waals surface area (Å²) in [6.07, 6.45) is 4.73. The van der Waals surface area contributed by atoms with Gasteiger partial charge >= 0.3 is 12.1 Å². The zero-order valence-electron chi connectivity index (χ0n) is 37.2. The van der Waals surface area contributed by atoms with Gasteiger partial charge in [-0.25, -0.2) is 4.79 Å². The van der Waals surface area contributed by atoms with Crippen molar-refractivity contribution in [1.29, 1.82) is 10.8 Å². The molecule has 1 aliphatic carbocycles. The van der Waals surface area contributed by atoms with E-state index in [1.165, 1.54) is 7.11 Å². The van der Waals surface area contributed by atoms with Gasteiger partial charge < -0.3 is 47.2 Å². The molecular formula is C47H67N9O5. The van der Waals surface area contributed by atoms with Gasteiger partial charge in [0.15, 0.2) is 11.9 Å². The number of benzene rings is 2. The van der Waals surface area contributed by atoms with Crippen LogP contribution in [0.25, 0.3) is 17.2 Å². The van der Waals surface area contributed by atoms with Gasteiger partial charge in [0, 0.05) is 48.8 Å². The summed E-state index contributed by atoms with van der Waals surface area (Å²) in [4.78, 5) is 45.8. The van der Waals surface area contributed by atoms with Gasteiger partial charge in [-0.15, -0.1) is 0 Å². The number of amides is 2. The van der Waals surface area contributed by atoms with E-state index >= 15 is 0 Å². The standard InChI is InChI=1S/C47H67N9O5/c1-10-30(45(3,4)5)25-37-29(2)35(39(55-37)46(6,7)8)26-38(56-44(59)61-27-36-33-19-13-11-17-31(33)32-18-12-14-20-34(32)36)40(57)54-28-47(41(58)60-9,21-15-23-52-42(48)49)22-16-24-53-43(50)51/h10-14,17-20,25,36,38,55H,1,15-16,21-24,26-28H2,2-9H3,(H,54,57)(H,56,59)(H4,48,49,52)(H4,50,51,53)/b30-25+. The number of hydrogen-bond acceptors (Lipinski definition) is 7. The smallest absolute Gasteiger partial charge is 0.407 e. The number of aromatic amines is 1.